The summed E-state index contributed by atoms with van der Waals surface area (Å²) in [6.07, 6.45) is 3.74. The summed E-state index contributed by atoms with van der Waals surface area (Å²) >= 11 is 0. The molecule has 1 atom stereocenters. The van der Waals surface area contributed by atoms with E-state index in [0.29, 0.717) is 26.0 Å². The normalized spacial score (nSPS) is 16.0. The molecule has 0 aliphatic carbocycles. The van der Waals surface area contributed by atoms with Crippen LogP contribution >= 0.6 is 0 Å². The molecule has 24 heavy (non-hydrogen) atoms. The fourth-order valence-electron chi connectivity index (χ4n) is 2.88. The van der Waals surface area contributed by atoms with Crippen molar-refractivity contribution in [3.63, 3.8) is 0 Å². The van der Waals surface area contributed by atoms with Crippen LogP contribution in [0, 0.1) is 5.92 Å². The lowest BCUT2D eigenvalue weighted by Crippen LogP contribution is -2.35. The SMILES string of the molecule is COc1cccc2c1OCC(CNC(=O)CCc1ccccn1)C2. The molecule has 1 aromatic heterocycles. The summed E-state index contributed by atoms with van der Waals surface area (Å²) in [7, 11) is 1.65. The summed E-state index contributed by atoms with van der Waals surface area (Å²) in [6.45, 7) is 1.21. The summed E-state index contributed by atoms with van der Waals surface area (Å²) in [5.41, 5.74) is 2.07. The lowest BCUT2D eigenvalue weighted by atomic mass is 9.96. The summed E-state index contributed by atoms with van der Waals surface area (Å²) < 4.78 is 11.2. The van der Waals surface area contributed by atoms with Gasteiger partial charge < -0.3 is 14.8 Å². The standard InChI is InChI=1S/C19H22N2O3/c1-23-17-7-4-5-15-11-14(13-24-19(15)17)12-21-18(22)9-8-16-6-2-3-10-20-16/h2-7,10,14H,8-9,11-13H2,1H3,(H,21,22). The number of benzene rings is 1. The number of nitrogens with one attached hydrogen (secondary N) is 1. The molecule has 1 aliphatic rings. The Hall–Kier alpha value is -2.56. The first kappa shape index (κ1) is 16.3. The molecule has 0 spiro atoms. The molecule has 0 bridgehead atoms. The van der Waals surface area contributed by atoms with Gasteiger partial charge in [0.25, 0.3) is 0 Å². The molecule has 1 aliphatic heterocycles. The number of hydrogen-bond acceptors (Lipinski definition) is 4. The number of carbonyl (C=O) groups excluding carboxylic acids is 1. The van der Waals surface area contributed by atoms with Gasteiger partial charge >= 0.3 is 0 Å². The largest absolute Gasteiger partial charge is 0.493 e. The highest BCUT2D eigenvalue weighted by Crippen LogP contribution is 2.35. The van der Waals surface area contributed by atoms with Gasteiger partial charge in [-0.25, -0.2) is 0 Å². The third-order valence-electron chi connectivity index (χ3n) is 4.17. The number of para-hydroxylation sites is 1. The number of fused-ring (bicyclic) bond motifs is 1. The van der Waals surface area contributed by atoms with Gasteiger partial charge in [-0.1, -0.05) is 18.2 Å². The molecule has 0 saturated heterocycles. The van der Waals surface area contributed by atoms with E-state index in [2.05, 4.69) is 10.3 Å². The monoisotopic (exact) mass is 326 g/mol. The van der Waals surface area contributed by atoms with E-state index in [1.807, 2.05) is 36.4 Å². The van der Waals surface area contributed by atoms with Crippen LogP contribution in [0.4, 0.5) is 0 Å². The Balaban J connectivity index is 1.46. The van der Waals surface area contributed by atoms with Crippen LogP contribution in [-0.4, -0.2) is 31.2 Å². The van der Waals surface area contributed by atoms with Crippen molar-refractivity contribution in [3.05, 3.63) is 53.9 Å². The molecule has 126 valence electrons. The van der Waals surface area contributed by atoms with Crippen molar-refractivity contribution in [2.24, 2.45) is 5.92 Å². The molecule has 5 nitrogen and oxygen atoms in total. The number of hydrogen-bond donors (Lipinski definition) is 1. The zero-order valence-electron chi connectivity index (χ0n) is 13.8. The van der Waals surface area contributed by atoms with Crippen molar-refractivity contribution in [1.29, 1.82) is 0 Å². The van der Waals surface area contributed by atoms with Crippen molar-refractivity contribution < 1.29 is 14.3 Å². The molecule has 0 fully saturated rings. The molecule has 3 rings (SSSR count). The molecule has 0 radical (unpaired) electrons. The molecule has 1 N–H and O–H groups in total. The van der Waals surface area contributed by atoms with E-state index >= 15 is 0 Å². The van der Waals surface area contributed by atoms with Crippen LogP contribution < -0.4 is 14.8 Å². The first-order chi connectivity index (χ1) is 11.8. The minimum atomic E-state index is 0.0529. The fourth-order valence-corrected chi connectivity index (χ4v) is 2.88. The van der Waals surface area contributed by atoms with Gasteiger partial charge in [0.05, 0.1) is 13.7 Å². The maximum atomic E-state index is 12.0. The smallest absolute Gasteiger partial charge is 0.220 e. The number of nitrogens with zero attached hydrogens (tertiary/aromatic N) is 1. The van der Waals surface area contributed by atoms with Gasteiger partial charge in [0, 0.05) is 30.8 Å². The number of rotatable bonds is 6. The quantitative estimate of drug-likeness (QED) is 0.885. The average molecular weight is 326 g/mol. The maximum Gasteiger partial charge on any atom is 0.220 e. The van der Waals surface area contributed by atoms with E-state index in [0.717, 1.165) is 29.2 Å². The molecule has 2 heterocycles. The zero-order chi connectivity index (χ0) is 16.8. The predicted molar refractivity (Wildman–Crippen MR) is 91.3 cm³/mol. The van der Waals surface area contributed by atoms with Gasteiger partial charge in [-0.3, -0.25) is 9.78 Å². The minimum Gasteiger partial charge on any atom is -0.493 e. The number of amides is 1. The number of aromatic nitrogens is 1. The highest BCUT2D eigenvalue weighted by Gasteiger charge is 2.22. The second kappa shape index (κ2) is 7.81. The van der Waals surface area contributed by atoms with Gasteiger partial charge in [-0.2, -0.15) is 0 Å². The Morgan fingerprint density at radius 2 is 2.25 bits per heavy atom. The molecule has 2 aromatic rings. The van der Waals surface area contributed by atoms with E-state index in [9.17, 15) is 4.79 Å². The Morgan fingerprint density at radius 1 is 1.33 bits per heavy atom. The molecule has 5 heteroatoms. The third-order valence-corrected chi connectivity index (χ3v) is 4.17. The maximum absolute atomic E-state index is 12.0. The van der Waals surface area contributed by atoms with Crippen molar-refractivity contribution in [1.82, 2.24) is 10.3 Å². The number of aryl methyl sites for hydroxylation is 1. The predicted octanol–water partition coefficient (Wildman–Crippen LogP) is 2.39. The topological polar surface area (TPSA) is 60.5 Å². The van der Waals surface area contributed by atoms with E-state index in [1.165, 1.54) is 0 Å². The van der Waals surface area contributed by atoms with E-state index in [1.54, 1.807) is 13.3 Å². The molecule has 1 unspecified atom stereocenters. The minimum absolute atomic E-state index is 0.0529. The number of ether oxygens (including phenoxy) is 2. The first-order valence-electron chi connectivity index (χ1n) is 8.21. The van der Waals surface area contributed by atoms with Gasteiger partial charge in [0.2, 0.25) is 5.91 Å². The number of carbonyl (C=O) groups is 1. The molecular weight excluding hydrogens is 304 g/mol. The Bertz CT molecular complexity index is 688. The first-order valence-corrected chi connectivity index (χ1v) is 8.21. The van der Waals surface area contributed by atoms with E-state index in [4.69, 9.17) is 9.47 Å². The molecular formula is C19H22N2O3. The van der Waals surface area contributed by atoms with Crippen molar-refractivity contribution in [2.45, 2.75) is 19.3 Å². The highest BCUT2D eigenvalue weighted by atomic mass is 16.5. The molecule has 1 amide bonds. The summed E-state index contributed by atoms with van der Waals surface area (Å²) in [6, 6.07) is 11.7. The van der Waals surface area contributed by atoms with Crippen molar-refractivity contribution >= 4 is 5.91 Å². The lowest BCUT2D eigenvalue weighted by molar-refractivity contribution is -0.121. The molecule has 0 saturated carbocycles. The Morgan fingerprint density at radius 3 is 3.04 bits per heavy atom. The zero-order valence-corrected chi connectivity index (χ0v) is 13.8. The highest BCUT2D eigenvalue weighted by molar-refractivity contribution is 5.76. The van der Waals surface area contributed by atoms with Gasteiger partial charge in [-0.15, -0.1) is 0 Å². The second-order valence-electron chi connectivity index (χ2n) is 5.95. The third kappa shape index (κ3) is 4.04. The van der Waals surface area contributed by atoms with E-state index in [-0.39, 0.29) is 11.8 Å². The van der Waals surface area contributed by atoms with Gasteiger partial charge in [-0.05, 0) is 36.6 Å². The number of methoxy groups -OCH3 is 1. The summed E-state index contributed by atoms with van der Waals surface area (Å²) in [4.78, 5) is 16.2. The molecule has 1 aromatic carbocycles. The Labute approximate surface area is 142 Å². The van der Waals surface area contributed by atoms with Gasteiger partial charge in [0.15, 0.2) is 11.5 Å². The van der Waals surface area contributed by atoms with Crippen LogP contribution in [0.15, 0.2) is 42.6 Å². The van der Waals surface area contributed by atoms with Crippen LogP contribution in [-0.2, 0) is 17.6 Å². The van der Waals surface area contributed by atoms with Crippen LogP contribution in [0.2, 0.25) is 0 Å². The fraction of sp³-hybridized carbons (Fsp3) is 0.368. The van der Waals surface area contributed by atoms with E-state index < -0.39 is 0 Å². The van der Waals surface area contributed by atoms with Crippen LogP contribution in [0.25, 0.3) is 0 Å². The van der Waals surface area contributed by atoms with Gasteiger partial charge in [0.1, 0.15) is 0 Å². The van der Waals surface area contributed by atoms with Crippen molar-refractivity contribution in [2.75, 3.05) is 20.3 Å². The van der Waals surface area contributed by atoms with Crippen molar-refractivity contribution in [3.8, 4) is 11.5 Å². The average Bonchev–Trinajstić information content (AvgIpc) is 2.64. The van der Waals surface area contributed by atoms with Crippen LogP contribution in [0.5, 0.6) is 11.5 Å². The van der Waals surface area contributed by atoms with Crippen LogP contribution in [0.1, 0.15) is 17.7 Å². The Kier molecular flexibility index (Phi) is 5.31. The second-order valence-corrected chi connectivity index (χ2v) is 5.95. The number of pyridine rings is 1. The summed E-state index contributed by atoms with van der Waals surface area (Å²) in [5, 5.41) is 3.00. The summed E-state index contributed by atoms with van der Waals surface area (Å²) in [5.74, 6) is 1.93. The van der Waals surface area contributed by atoms with Crippen LogP contribution in [0.3, 0.4) is 0 Å². The lowest BCUT2D eigenvalue weighted by Gasteiger charge is -2.26.